The molecule has 0 aliphatic carbocycles. The molecule has 30 heavy (non-hydrogen) atoms. The van der Waals surface area contributed by atoms with Crippen LogP contribution in [0.15, 0.2) is 29.3 Å². The maximum Gasteiger partial charge on any atom is 0.270 e. The molecule has 1 aliphatic rings. The van der Waals surface area contributed by atoms with Gasteiger partial charge in [0.15, 0.2) is 22.3 Å². The summed E-state index contributed by atoms with van der Waals surface area (Å²) in [4.78, 5) is 37.9. The molecule has 1 aromatic carbocycles. The number of rotatable bonds is 6. The summed E-state index contributed by atoms with van der Waals surface area (Å²) in [5.41, 5.74) is 1.19. The van der Waals surface area contributed by atoms with Gasteiger partial charge in [0.25, 0.3) is 5.56 Å². The number of hydrogen-bond acceptors (Lipinski definition) is 8. The SMILES string of the molecule is COc1ccc(CNC(=O)[C@H]2CCCN(c3nc4nc[nH]c(=O)c4s3)C2)cc1OC. The van der Waals surface area contributed by atoms with Crippen molar-refractivity contribution in [1.29, 1.82) is 0 Å². The minimum absolute atomic E-state index is 0.00608. The lowest BCUT2D eigenvalue weighted by atomic mass is 9.97. The van der Waals surface area contributed by atoms with E-state index in [1.807, 2.05) is 18.2 Å². The number of carbonyl (C=O) groups is 1. The van der Waals surface area contributed by atoms with Crippen LogP contribution in [0.3, 0.4) is 0 Å². The molecule has 10 heteroatoms. The number of methoxy groups -OCH3 is 2. The Labute approximate surface area is 177 Å². The number of thiazole rings is 1. The van der Waals surface area contributed by atoms with Crippen molar-refractivity contribution in [3.63, 3.8) is 0 Å². The molecule has 3 aromatic rings. The highest BCUT2D eigenvalue weighted by atomic mass is 32.1. The highest BCUT2D eigenvalue weighted by Crippen LogP contribution is 2.30. The standard InChI is InChI=1S/C20H23N5O4S/c1-28-14-6-5-12(8-15(14)29-2)9-21-18(26)13-4-3-7-25(10-13)20-24-17-16(30-20)19(27)23-11-22-17/h5-6,8,11,13H,3-4,7,9-10H2,1-2H3,(H,21,26)(H,22,23,27)/t13-/m0/s1. The monoisotopic (exact) mass is 429 g/mol. The highest BCUT2D eigenvalue weighted by molar-refractivity contribution is 7.22. The van der Waals surface area contributed by atoms with Crippen molar-refractivity contribution in [2.24, 2.45) is 5.92 Å². The summed E-state index contributed by atoms with van der Waals surface area (Å²) < 4.78 is 11.1. The van der Waals surface area contributed by atoms with Crippen LogP contribution in [0.4, 0.5) is 5.13 Å². The molecule has 158 valence electrons. The average Bonchev–Trinajstić information content (AvgIpc) is 3.23. The van der Waals surface area contributed by atoms with Gasteiger partial charge in [-0.2, -0.15) is 4.98 Å². The van der Waals surface area contributed by atoms with Gasteiger partial charge in [-0.1, -0.05) is 17.4 Å². The van der Waals surface area contributed by atoms with E-state index < -0.39 is 0 Å². The number of nitrogens with one attached hydrogen (secondary N) is 2. The van der Waals surface area contributed by atoms with E-state index in [9.17, 15) is 9.59 Å². The smallest absolute Gasteiger partial charge is 0.270 e. The number of fused-ring (bicyclic) bond motifs is 1. The van der Waals surface area contributed by atoms with Crippen molar-refractivity contribution in [3.8, 4) is 11.5 Å². The zero-order valence-corrected chi connectivity index (χ0v) is 17.6. The molecule has 2 aromatic heterocycles. The summed E-state index contributed by atoms with van der Waals surface area (Å²) in [6.45, 7) is 1.78. The van der Waals surface area contributed by atoms with E-state index in [4.69, 9.17) is 9.47 Å². The Hall–Kier alpha value is -3.14. The Morgan fingerprint density at radius 2 is 2.17 bits per heavy atom. The molecular weight excluding hydrogens is 406 g/mol. The van der Waals surface area contributed by atoms with Crippen LogP contribution in [-0.2, 0) is 11.3 Å². The number of benzene rings is 1. The second kappa shape index (κ2) is 8.70. The molecular formula is C20H23N5O4S. The lowest BCUT2D eigenvalue weighted by molar-refractivity contribution is -0.125. The van der Waals surface area contributed by atoms with Crippen LogP contribution in [0.5, 0.6) is 11.5 Å². The van der Waals surface area contributed by atoms with E-state index in [0.29, 0.717) is 34.9 Å². The molecule has 1 atom stereocenters. The molecule has 1 aliphatic heterocycles. The first-order valence-corrected chi connectivity index (χ1v) is 10.5. The lowest BCUT2D eigenvalue weighted by Crippen LogP contribution is -2.42. The van der Waals surface area contributed by atoms with E-state index in [1.54, 1.807) is 14.2 Å². The van der Waals surface area contributed by atoms with Crippen LogP contribution >= 0.6 is 11.3 Å². The maximum absolute atomic E-state index is 12.8. The molecule has 1 fully saturated rings. The molecule has 0 radical (unpaired) electrons. The number of aromatic nitrogens is 3. The first-order valence-electron chi connectivity index (χ1n) is 9.67. The zero-order chi connectivity index (χ0) is 21.1. The fraction of sp³-hybridized carbons (Fsp3) is 0.400. The number of nitrogens with zero attached hydrogens (tertiary/aromatic N) is 3. The summed E-state index contributed by atoms with van der Waals surface area (Å²) >= 11 is 1.31. The third-order valence-electron chi connectivity index (χ3n) is 5.16. The lowest BCUT2D eigenvalue weighted by Gasteiger charge is -2.31. The zero-order valence-electron chi connectivity index (χ0n) is 16.8. The number of ether oxygens (including phenoxy) is 2. The van der Waals surface area contributed by atoms with Crippen LogP contribution in [0.2, 0.25) is 0 Å². The van der Waals surface area contributed by atoms with Crippen molar-refractivity contribution in [3.05, 3.63) is 40.4 Å². The second-order valence-electron chi connectivity index (χ2n) is 7.07. The van der Waals surface area contributed by atoms with Gasteiger partial charge < -0.3 is 24.7 Å². The van der Waals surface area contributed by atoms with E-state index >= 15 is 0 Å². The van der Waals surface area contributed by atoms with Crippen LogP contribution in [0.25, 0.3) is 10.3 Å². The van der Waals surface area contributed by atoms with E-state index in [1.165, 1.54) is 17.7 Å². The van der Waals surface area contributed by atoms with Gasteiger partial charge in [-0.15, -0.1) is 0 Å². The molecule has 0 bridgehead atoms. The van der Waals surface area contributed by atoms with Crippen molar-refractivity contribution in [2.45, 2.75) is 19.4 Å². The molecule has 3 heterocycles. The molecule has 0 saturated carbocycles. The average molecular weight is 430 g/mol. The fourth-order valence-electron chi connectivity index (χ4n) is 3.58. The van der Waals surface area contributed by atoms with Crippen LogP contribution in [0, 0.1) is 5.92 Å². The predicted molar refractivity (Wildman–Crippen MR) is 114 cm³/mol. The summed E-state index contributed by atoms with van der Waals surface area (Å²) in [5, 5.41) is 3.75. The van der Waals surface area contributed by atoms with E-state index in [2.05, 4.69) is 25.2 Å². The van der Waals surface area contributed by atoms with Crippen molar-refractivity contribution < 1.29 is 14.3 Å². The second-order valence-corrected chi connectivity index (χ2v) is 8.05. The van der Waals surface area contributed by atoms with Gasteiger partial charge in [0, 0.05) is 19.6 Å². The number of piperidine rings is 1. The van der Waals surface area contributed by atoms with Crippen molar-refractivity contribution >= 4 is 32.7 Å². The first-order chi connectivity index (χ1) is 14.6. The Kier molecular flexibility index (Phi) is 5.84. The Bertz CT molecular complexity index is 1110. The van der Waals surface area contributed by atoms with Crippen LogP contribution in [0.1, 0.15) is 18.4 Å². The molecule has 1 saturated heterocycles. The van der Waals surface area contributed by atoms with Gasteiger partial charge >= 0.3 is 0 Å². The van der Waals surface area contributed by atoms with Crippen molar-refractivity contribution in [1.82, 2.24) is 20.3 Å². The topological polar surface area (TPSA) is 109 Å². The summed E-state index contributed by atoms with van der Waals surface area (Å²) in [5.74, 6) is 1.15. The molecule has 0 unspecified atom stereocenters. The van der Waals surface area contributed by atoms with Crippen LogP contribution < -0.4 is 25.2 Å². The van der Waals surface area contributed by atoms with Gasteiger partial charge in [-0.25, -0.2) is 4.98 Å². The quantitative estimate of drug-likeness (QED) is 0.616. The van der Waals surface area contributed by atoms with Gasteiger partial charge in [0.05, 0.1) is 26.5 Å². The predicted octanol–water partition coefficient (Wildman–Crippen LogP) is 1.93. The first kappa shape index (κ1) is 20.1. The highest BCUT2D eigenvalue weighted by Gasteiger charge is 2.27. The Morgan fingerprint density at radius 3 is 2.93 bits per heavy atom. The fourth-order valence-corrected chi connectivity index (χ4v) is 4.53. The number of hydrogen-bond donors (Lipinski definition) is 2. The number of carbonyl (C=O) groups excluding carboxylic acids is 1. The largest absolute Gasteiger partial charge is 0.493 e. The molecule has 1 amide bonds. The third-order valence-corrected chi connectivity index (χ3v) is 6.27. The van der Waals surface area contributed by atoms with E-state index in [-0.39, 0.29) is 17.4 Å². The normalized spacial score (nSPS) is 16.5. The number of H-pyrrole nitrogens is 1. The van der Waals surface area contributed by atoms with Gasteiger partial charge in [-0.05, 0) is 30.5 Å². The number of amides is 1. The number of anilines is 1. The maximum atomic E-state index is 12.8. The summed E-state index contributed by atoms with van der Waals surface area (Å²) in [6, 6.07) is 5.59. The molecule has 9 nitrogen and oxygen atoms in total. The van der Waals surface area contributed by atoms with E-state index in [0.717, 1.165) is 30.1 Å². The van der Waals surface area contributed by atoms with Crippen molar-refractivity contribution in [2.75, 3.05) is 32.2 Å². The third kappa shape index (κ3) is 4.09. The van der Waals surface area contributed by atoms with Gasteiger partial charge in [0.1, 0.15) is 4.70 Å². The minimum atomic E-state index is -0.190. The molecule has 0 spiro atoms. The molecule has 4 rings (SSSR count). The summed E-state index contributed by atoms with van der Waals surface area (Å²) in [6.07, 6.45) is 3.06. The van der Waals surface area contributed by atoms with Gasteiger partial charge in [0.2, 0.25) is 5.91 Å². The Morgan fingerprint density at radius 1 is 1.33 bits per heavy atom. The number of aromatic amines is 1. The van der Waals surface area contributed by atoms with Crippen LogP contribution in [-0.4, -0.2) is 48.2 Å². The molecule has 2 N–H and O–H groups in total. The summed E-state index contributed by atoms with van der Waals surface area (Å²) in [7, 11) is 3.17. The Balaban J connectivity index is 1.41. The minimum Gasteiger partial charge on any atom is -0.493 e. The van der Waals surface area contributed by atoms with Gasteiger partial charge in [-0.3, -0.25) is 9.59 Å².